The molecule has 0 aromatic rings. The summed E-state index contributed by atoms with van der Waals surface area (Å²) in [4.78, 5) is 0. The Morgan fingerprint density at radius 3 is 2.56 bits per heavy atom. The smallest absolute Gasteiger partial charge is 0.134 e. The van der Waals surface area contributed by atoms with Crippen LogP contribution in [0.4, 0.5) is 0 Å². The molecule has 0 bridgehead atoms. The summed E-state index contributed by atoms with van der Waals surface area (Å²) in [5, 5.41) is 18.3. The maximum atomic E-state index is 8.37. The van der Waals surface area contributed by atoms with E-state index in [-0.39, 0.29) is 5.25 Å². The highest BCUT2D eigenvalue weighted by atomic mass is 32.2. The van der Waals surface area contributed by atoms with Crippen molar-refractivity contribution in [3.05, 3.63) is 0 Å². The first-order valence-electron chi connectivity index (χ1n) is 2.79. The third kappa shape index (κ3) is 3.88. The standard InChI is InChI=1S/C6H8N2S/c1-2-3-6(4-7)9-5-8/h6H,2-3H2,1H3. The minimum absolute atomic E-state index is 0.125. The summed E-state index contributed by atoms with van der Waals surface area (Å²) in [7, 11) is 0. The van der Waals surface area contributed by atoms with Crippen LogP contribution < -0.4 is 0 Å². The van der Waals surface area contributed by atoms with E-state index in [1.165, 1.54) is 0 Å². The molecule has 1 unspecified atom stereocenters. The predicted octanol–water partition coefficient (Wildman–Crippen LogP) is 1.89. The van der Waals surface area contributed by atoms with Crippen LogP contribution in [0.15, 0.2) is 0 Å². The zero-order chi connectivity index (χ0) is 7.11. The number of hydrogen-bond acceptors (Lipinski definition) is 3. The first-order chi connectivity index (χ1) is 4.35. The minimum atomic E-state index is -0.125. The Morgan fingerprint density at radius 1 is 1.56 bits per heavy atom. The van der Waals surface area contributed by atoms with Crippen LogP contribution in [0.5, 0.6) is 0 Å². The van der Waals surface area contributed by atoms with E-state index < -0.39 is 0 Å². The van der Waals surface area contributed by atoms with E-state index in [9.17, 15) is 0 Å². The maximum Gasteiger partial charge on any atom is 0.134 e. The van der Waals surface area contributed by atoms with Crippen LogP contribution >= 0.6 is 11.8 Å². The molecule has 0 saturated heterocycles. The van der Waals surface area contributed by atoms with E-state index in [4.69, 9.17) is 10.5 Å². The van der Waals surface area contributed by atoms with Gasteiger partial charge in [-0.3, -0.25) is 0 Å². The Bertz CT molecular complexity index is 142. The SMILES string of the molecule is CCCC(C#N)SC#N. The number of thioether (sulfide) groups is 1. The molecule has 0 fully saturated rings. The number of thiocyanates is 1. The first kappa shape index (κ1) is 8.33. The van der Waals surface area contributed by atoms with Gasteiger partial charge in [0, 0.05) is 0 Å². The molecule has 1 atom stereocenters. The molecule has 9 heavy (non-hydrogen) atoms. The molecule has 0 rings (SSSR count). The van der Waals surface area contributed by atoms with E-state index in [1.807, 2.05) is 18.4 Å². The molecule has 48 valence electrons. The summed E-state index contributed by atoms with van der Waals surface area (Å²) >= 11 is 1.05. The Labute approximate surface area is 59.5 Å². The van der Waals surface area contributed by atoms with Crippen LogP contribution in [0.1, 0.15) is 19.8 Å². The van der Waals surface area contributed by atoms with Gasteiger partial charge >= 0.3 is 0 Å². The lowest BCUT2D eigenvalue weighted by Gasteiger charge is -1.96. The highest BCUT2D eigenvalue weighted by Gasteiger charge is 2.03. The molecular weight excluding hydrogens is 132 g/mol. The van der Waals surface area contributed by atoms with Crippen molar-refractivity contribution in [3.8, 4) is 11.5 Å². The van der Waals surface area contributed by atoms with Crippen molar-refractivity contribution >= 4 is 11.8 Å². The van der Waals surface area contributed by atoms with Crippen LogP contribution in [0, 0.1) is 22.0 Å². The Kier molecular flexibility index (Phi) is 5.06. The highest BCUT2D eigenvalue weighted by Crippen LogP contribution is 2.12. The monoisotopic (exact) mass is 140 g/mol. The van der Waals surface area contributed by atoms with Crippen molar-refractivity contribution in [2.45, 2.75) is 25.0 Å². The lowest BCUT2D eigenvalue weighted by Crippen LogP contribution is -1.94. The molecule has 0 aromatic heterocycles. The van der Waals surface area contributed by atoms with Gasteiger partial charge in [0.05, 0.1) is 6.07 Å². The van der Waals surface area contributed by atoms with Crippen molar-refractivity contribution in [3.63, 3.8) is 0 Å². The van der Waals surface area contributed by atoms with Gasteiger partial charge in [-0.25, -0.2) is 0 Å². The molecule has 0 heterocycles. The van der Waals surface area contributed by atoms with Gasteiger partial charge in [-0.15, -0.1) is 0 Å². The van der Waals surface area contributed by atoms with E-state index in [0.717, 1.165) is 24.6 Å². The molecule has 0 aliphatic carbocycles. The van der Waals surface area contributed by atoms with Gasteiger partial charge < -0.3 is 0 Å². The lowest BCUT2D eigenvalue weighted by atomic mass is 10.3. The molecule has 2 nitrogen and oxygen atoms in total. The summed E-state index contributed by atoms with van der Waals surface area (Å²) in [6.07, 6.45) is 1.78. The molecule has 0 radical (unpaired) electrons. The summed E-state index contributed by atoms with van der Waals surface area (Å²) < 4.78 is 0. The van der Waals surface area contributed by atoms with E-state index in [1.54, 1.807) is 0 Å². The minimum Gasteiger partial charge on any atom is -0.197 e. The van der Waals surface area contributed by atoms with E-state index >= 15 is 0 Å². The second kappa shape index (κ2) is 5.47. The van der Waals surface area contributed by atoms with E-state index in [0.29, 0.717) is 0 Å². The van der Waals surface area contributed by atoms with Crippen LogP contribution in [-0.4, -0.2) is 5.25 Å². The summed E-state index contributed by atoms with van der Waals surface area (Å²) in [6.45, 7) is 2.00. The fraction of sp³-hybridized carbons (Fsp3) is 0.667. The molecular formula is C6H8N2S. The number of nitriles is 2. The zero-order valence-electron chi connectivity index (χ0n) is 5.29. The van der Waals surface area contributed by atoms with Crippen molar-refractivity contribution < 1.29 is 0 Å². The molecule has 0 N–H and O–H groups in total. The van der Waals surface area contributed by atoms with Crippen LogP contribution in [0.3, 0.4) is 0 Å². The molecule has 0 amide bonds. The molecule has 0 saturated carbocycles. The van der Waals surface area contributed by atoms with Gasteiger partial charge in [0.1, 0.15) is 10.7 Å². The molecule has 0 aromatic carbocycles. The maximum absolute atomic E-state index is 8.37. The fourth-order valence-electron chi connectivity index (χ4n) is 0.476. The molecule has 0 aliphatic heterocycles. The molecule has 0 spiro atoms. The zero-order valence-corrected chi connectivity index (χ0v) is 6.11. The Hall–Kier alpha value is -0.670. The third-order valence-corrected chi connectivity index (χ3v) is 1.62. The second-order valence-electron chi connectivity index (χ2n) is 1.62. The van der Waals surface area contributed by atoms with Gasteiger partial charge in [0.25, 0.3) is 0 Å². The third-order valence-electron chi connectivity index (χ3n) is 0.890. The fourth-order valence-corrected chi connectivity index (χ4v) is 1.01. The average molecular weight is 140 g/mol. The largest absolute Gasteiger partial charge is 0.197 e. The van der Waals surface area contributed by atoms with Crippen LogP contribution in [-0.2, 0) is 0 Å². The van der Waals surface area contributed by atoms with Crippen molar-refractivity contribution in [2.75, 3.05) is 0 Å². The summed E-state index contributed by atoms with van der Waals surface area (Å²) in [6, 6.07) is 2.04. The first-order valence-corrected chi connectivity index (χ1v) is 3.67. The number of rotatable bonds is 3. The second-order valence-corrected chi connectivity index (χ2v) is 2.60. The predicted molar refractivity (Wildman–Crippen MR) is 37.5 cm³/mol. The van der Waals surface area contributed by atoms with Crippen LogP contribution in [0.2, 0.25) is 0 Å². The summed E-state index contributed by atoms with van der Waals surface area (Å²) in [5.41, 5.74) is 0. The van der Waals surface area contributed by atoms with Crippen molar-refractivity contribution in [1.29, 1.82) is 10.5 Å². The van der Waals surface area contributed by atoms with Crippen molar-refractivity contribution in [2.24, 2.45) is 0 Å². The average Bonchev–Trinajstić information content (AvgIpc) is 1.88. The summed E-state index contributed by atoms with van der Waals surface area (Å²) in [5.74, 6) is 0. The number of nitrogens with zero attached hydrogens (tertiary/aromatic N) is 2. The van der Waals surface area contributed by atoms with E-state index in [2.05, 4.69) is 0 Å². The molecule has 0 aliphatic rings. The Balaban J connectivity index is 3.48. The van der Waals surface area contributed by atoms with Gasteiger partial charge in [-0.2, -0.15) is 10.5 Å². The van der Waals surface area contributed by atoms with Gasteiger partial charge in [-0.1, -0.05) is 13.3 Å². The van der Waals surface area contributed by atoms with Gasteiger partial charge in [0.2, 0.25) is 0 Å². The quantitative estimate of drug-likeness (QED) is 0.562. The van der Waals surface area contributed by atoms with Crippen LogP contribution in [0.25, 0.3) is 0 Å². The highest BCUT2D eigenvalue weighted by molar-refractivity contribution is 8.04. The topological polar surface area (TPSA) is 47.6 Å². The lowest BCUT2D eigenvalue weighted by molar-refractivity contribution is 0.836. The molecule has 3 heteroatoms. The van der Waals surface area contributed by atoms with Gasteiger partial charge in [0.15, 0.2) is 0 Å². The normalized spacial score (nSPS) is 11.4. The number of hydrogen-bond donors (Lipinski definition) is 0. The Morgan fingerprint density at radius 2 is 2.22 bits per heavy atom. The van der Waals surface area contributed by atoms with Crippen molar-refractivity contribution in [1.82, 2.24) is 0 Å². The van der Waals surface area contributed by atoms with Gasteiger partial charge in [-0.05, 0) is 18.2 Å².